The molecular weight excluding hydrogens is 462 g/mol. The van der Waals surface area contributed by atoms with Gasteiger partial charge in [-0.25, -0.2) is 23.2 Å². The number of carbonyl (C=O) groups is 1. The summed E-state index contributed by atoms with van der Waals surface area (Å²) in [6.07, 6.45) is 2.51. The van der Waals surface area contributed by atoms with Gasteiger partial charge in [0.15, 0.2) is 0 Å². The summed E-state index contributed by atoms with van der Waals surface area (Å²) in [5.74, 6) is -0.693. The van der Waals surface area contributed by atoms with Gasteiger partial charge in [0, 0.05) is 50.0 Å². The van der Waals surface area contributed by atoms with Crippen molar-refractivity contribution < 1.29 is 18.3 Å². The molecule has 0 radical (unpaired) electrons. The van der Waals surface area contributed by atoms with Crippen LogP contribution in [-0.4, -0.2) is 78.9 Å². The summed E-state index contributed by atoms with van der Waals surface area (Å²) in [6.45, 7) is 2.27. The first-order valence-electron chi connectivity index (χ1n) is 10.4. The van der Waals surface area contributed by atoms with Gasteiger partial charge in [0.1, 0.15) is 0 Å². The monoisotopic (exact) mass is 487 g/mol. The first kappa shape index (κ1) is 23.3. The fraction of sp³-hybridized carbons (Fsp3) is 0.318. The molecule has 1 saturated heterocycles. The number of carboxylic acid groups (broad SMARTS) is 1. The molecule has 33 heavy (non-hydrogen) atoms. The molecule has 0 saturated carbocycles. The van der Waals surface area contributed by atoms with Crippen molar-refractivity contribution in [2.45, 2.75) is 11.4 Å². The largest absolute Gasteiger partial charge is 0.478 e. The van der Waals surface area contributed by atoms with E-state index in [1.54, 1.807) is 23.5 Å². The number of aromatic nitrogens is 2. The maximum Gasteiger partial charge on any atom is 0.338 e. The Hall–Kier alpha value is -2.86. The fourth-order valence-electron chi connectivity index (χ4n) is 3.69. The second-order valence-electron chi connectivity index (χ2n) is 7.99. The zero-order valence-electron chi connectivity index (χ0n) is 18.4. The minimum Gasteiger partial charge on any atom is -0.478 e. The first-order valence-corrected chi connectivity index (χ1v) is 12.7. The minimum atomic E-state index is -3.62. The Kier molecular flexibility index (Phi) is 6.75. The maximum atomic E-state index is 13.2. The summed E-state index contributed by atoms with van der Waals surface area (Å²) in [5, 5.41) is 11.0. The van der Waals surface area contributed by atoms with Gasteiger partial charge in [-0.1, -0.05) is 12.1 Å². The molecule has 4 rings (SSSR count). The molecule has 1 aliphatic heterocycles. The van der Waals surface area contributed by atoms with E-state index in [-0.39, 0.29) is 10.5 Å². The SMILES string of the molecule is CN(C)Cc1sccc1-c1ccc(S(=O)(=O)N2CCN(c3ncc(C(=O)O)cn3)CC2)cc1. The lowest BCUT2D eigenvalue weighted by Gasteiger charge is -2.33. The molecule has 1 N–H and O–H groups in total. The van der Waals surface area contributed by atoms with Crippen LogP contribution in [-0.2, 0) is 16.6 Å². The van der Waals surface area contributed by atoms with E-state index in [0.717, 1.165) is 17.7 Å². The van der Waals surface area contributed by atoms with Crippen molar-refractivity contribution >= 4 is 33.3 Å². The van der Waals surface area contributed by atoms with Crippen molar-refractivity contribution in [1.82, 2.24) is 19.2 Å². The van der Waals surface area contributed by atoms with Crippen LogP contribution >= 0.6 is 11.3 Å². The zero-order chi connectivity index (χ0) is 23.6. The van der Waals surface area contributed by atoms with Crippen LogP contribution in [0.15, 0.2) is 53.0 Å². The quantitative estimate of drug-likeness (QED) is 0.542. The Labute approximate surface area is 197 Å². The lowest BCUT2D eigenvalue weighted by molar-refractivity contribution is 0.0696. The molecule has 0 unspecified atom stereocenters. The van der Waals surface area contributed by atoms with Crippen LogP contribution in [0.5, 0.6) is 0 Å². The molecule has 1 fully saturated rings. The van der Waals surface area contributed by atoms with E-state index in [2.05, 4.69) is 26.3 Å². The predicted octanol–water partition coefficient (Wildman–Crippen LogP) is 2.48. The van der Waals surface area contributed by atoms with Crippen LogP contribution in [0.4, 0.5) is 5.95 Å². The molecule has 0 spiro atoms. The summed E-state index contributed by atoms with van der Waals surface area (Å²) >= 11 is 1.69. The van der Waals surface area contributed by atoms with Crippen molar-refractivity contribution in [2.75, 3.05) is 45.2 Å². The highest BCUT2D eigenvalue weighted by atomic mass is 32.2. The topological polar surface area (TPSA) is 107 Å². The average molecular weight is 488 g/mol. The molecule has 1 aliphatic rings. The number of aromatic carboxylic acids is 1. The second kappa shape index (κ2) is 9.56. The van der Waals surface area contributed by atoms with Gasteiger partial charge in [-0.15, -0.1) is 11.3 Å². The predicted molar refractivity (Wildman–Crippen MR) is 127 cm³/mol. The smallest absolute Gasteiger partial charge is 0.338 e. The Morgan fingerprint density at radius 1 is 1.06 bits per heavy atom. The van der Waals surface area contributed by atoms with Crippen molar-refractivity contribution in [3.05, 3.63) is 58.5 Å². The average Bonchev–Trinajstić information content (AvgIpc) is 3.26. The van der Waals surface area contributed by atoms with Gasteiger partial charge in [0.05, 0.1) is 10.5 Å². The molecule has 174 valence electrons. The summed E-state index contributed by atoms with van der Waals surface area (Å²) in [7, 11) is 0.430. The van der Waals surface area contributed by atoms with Crippen molar-refractivity contribution in [2.24, 2.45) is 0 Å². The summed E-state index contributed by atoms with van der Waals surface area (Å²) < 4.78 is 27.8. The number of piperazine rings is 1. The molecule has 0 bridgehead atoms. The lowest BCUT2D eigenvalue weighted by atomic mass is 10.1. The van der Waals surface area contributed by atoms with Crippen LogP contribution in [0.1, 0.15) is 15.2 Å². The van der Waals surface area contributed by atoms with E-state index in [9.17, 15) is 13.2 Å². The van der Waals surface area contributed by atoms with Crippen LogP contribution < -0.4 is 4.90 Å². The third-order valence-corrected chi connectivity index (χ3v) is 8.23. The van der Waals surface area contributed by atoms with E-state index in [4.69, 9.17) is 5.11 Å². The number of hydrogen-bond donors (Lipinski definition) is 1. The number of hydrogen-bond acceptors (Lipinski definition) is 8. The maximum absolute atomic E-state index is 13.2. The summed E-state index contributed by atoms with van der Waals surface area (Å²) in [6, 6.07) is 9.13. The first-order chi connectivity index (χ1) is 15.8. The van der Waals surface area contributed by atoms with E-state index in [1.807, 2.05) is 31.1 Å². The van der Waals surface area contributed by atoms with Crippen LogP contribution in [0, 0.1) is 0 Å². The van der Waals surface area contributed by atoms with Crippen molar-refractivity contribution in [1.29, 1.82) is 0 Å². The Morgan fingerprint density at radius 3 is 2.27 bits per heavy atom. The van der Waals surface area contributed by atoms with Gasteiger partial charge in [-0.05, 0) is 48.8 Å². The zero-order valence-corrected chi connectivity index (χ0v) is 20.0. The number of benzene rings is 1. The number of rotatable bonds is 7. The van der Waals surface area contributed by atoms with Gasteiger partial charge in [0.25, 0.3) is 0 Å². The third-order valence-electron chi connectivity index (χ3n) is 5.41. The number of sulfonamides is 1. The number of thiophene rings is 1. The molecule has 3 aromatic rings. The van der Waals surface area contributed by atoms with Gasteiger partial charge in [0.2, 0.25) is 16.0 Å². The number of nitrogens with zero attached hydrogens (tertiary/aromatic N) is 5. The normalized spacial score (nSPS) is 15.2. The van der Waals surface area contributed by atoms with Gasteiger partial charge in [-0.3, -0.25) is 0 Å². The Bertz CT molecular complexity index is 1220. The molecule has 2 aromatic heterocycles. The highest BCUT2D eigenvalue weighted by Crippen LogP contribution is 2.30. The van der Waals surface area contributed by atoms with Crippen molar-refractivity contribution in [3.8, 4) is 11.1 Å². The molecule has 0 aliphatic carbocycles. The lowest BCUT2D eigenvalue weighted by Crippen LogP contribution is -2.49. The Balaban J connectivity index is 1.44. The van der Waals surface area contributed by atoms with E-state index in [0.29, 0.717) is 32.1 Å². The molecule has 0 atom stereocenters. The minimum absolute atomic E-state index is 0.0136. The third kappa shape index (κ3) is 5.06. The van der Waals surface area contributed by atoms with E-state index in [1.165, 1.54) is 21.6 Å². The number of anilines is 1. The summed E-state index contributed by atoms with van der Waals surface area (Å²) in [5.41, 5.74) is 2.14. The van der Waals surface area contributed by atoms with Crippen molar-refractivity contribution in [3.63, 3.8) is 0 Å². The molecular formula is C22H25N5O4S2. The Morgan fingerprint density at radius 2 is 1.70 bits per heavy atom. The highest BCUT2D eigenvalue weighted by Gasteiger charge is 2.29. The van der Waals surface area contributed by atoms with E-state index >= 15 is 0 Å². The van der Waals surface area contributed by atoms with Gasteiger partial charge in [-0.2, -0.15) is 4.31 Å². The fourth-order valence-corrected chi connectivity index (χ4v) is 6.12. The van der Waals surface area contributed by atoms with E-state index < -0.39 is 16.0 Å². The highest BCUT2D eigenvalue weighted by molar-refractivity contribution is 7.89. The molecule has 3 heterocycles. The van der Waals surface area contributed by atoms with Crippen LogP contribution in [0.3, 0.4) is 0 Å². The van der Waals surface area contributed by atoms with Crippen LogP contribution in [0.2, 0.25) is 0 Å². The summed E-state index contributed by atoms with van der Waals surface area (Å²) in [4.78, 5) is 24.6. The molecule has 0 amide bonds. The molecule has 11 heteroatoms. The van der Waals surface area contributed by atoms with Gasteiger partial charge < -0.3 is 14.9 Å². The standard InChI is InChI=1S/C22H25N5O4S2/c1-25(2)15-20-19(7-12-32-20)16-3-5-18(6-4-16)33(30,31)27-10-8-26(9-11-27)22-23-13-17(14-24-22)21(28)29/h3-7,12-14H,8-11,15H2,1-2H3,(H,28,29). The molecule has 1 aromatic carbocycles. The second-order valence-corrected chi connectivity index (χ2v) is 10.9. The van der Waals surface area contributed by atoms with Gasteiger partial charge >= 0.3 is 5.97 Å². The molecule has 9 nitrogen and oxygen atoms in total. The number of carboxylic acids is 1. The van der Waals surface area contributed by atoms with Crippen LogP contribution in [0.25, 0.3) is 11.1 Å².